The number of anilines is 1. The number of halogens is 1. The van der Waals surface area contributed by atoms with Crippen molar-refractivity contribution in [3.63, 3.8) is 0 Å². The van der Waals surface area contributed by atoms with Gasteiger partial charge in [-0.25, -0.2) is 8.42 Å². The molecule has 0 atom stereocenters. The number of ether oxygens (including phenoxy) is 1. The summed E-state index contributed by atoms with van der Waals surface area (Å²) in [6.45, 7) is 2.62. The van der Waals surface area contributed by atoms with Crippen molar-refractivity contribution in [1.29, 1.82) is 5.26 Å². The first kappa shape index (κ1) is 17.5. The Morgan fingerprint density at radius 3 is 2.48 bits per heavy atom. The van der Waals surface area contributed by atoms with Gasteiger partial charge in [0.05, 0.1) is 18.1 Å². The van der Waals surface area contributed by atoms with Crippen LogP contribution in [0.4, 0.5) is 5.88 Å². The van der Waals surface area contributed by atoms with Crippen molar-refractivity contribution in [3.05, 3.63) is 52.1 Å². The second-order valence-corrected chi connectivity index (χ2v) is 7.71. The van der Waals surface area contributed by atoms with E-state index in [2.05, 4.69) is 0 Å². The van der Waals surface area contributed by atoms with E-state index in [-0.39, 0.29) is 4.90 Å². The lowest BCUT2D eigenvalue weighted by atomic mass is 10.4. The third kappa shape index (κ3) is 3.87. The fourth-order valence-electron chi connectivity index (χ4n) is 2.41. The SMILES string of the molecule is N#C/C(=C/c1ccc(N2CCOCC2)o1)S(=O)(=O)c1ccc(Cl)cc1. The van der Waals surface area contributed by atoms with Gasteiger partial charge in [0.1, 0.15) is 11.8 Å². The number of nitriles is 1. The molecule has 0 amide bonds. The highest BCUT2D eigenvalue weighted by Gasteiger charge is 2.22. The molecule has 0 spiro atoms. The number of hydrogen-bond donors (Lipinski definition) is 0. The Bertz CT molecular complexity index is 920. The molecule has 2 aromatic rings. The normalized spacial score (nSPS) is 15.8. The van der Waals surface area contributed by atoms with Crippen LogP contribution in [0.15, 0.2) is 50.6 Å². The molecule has 1 aromatic heterocycles. The Morgan fingerprint density at radius 1 is 1.16 bits per heavy atom. The van der Waals surface area contributed by atoms with Crippen molar-refractivity contribution < 1.29 is 17.6 Å². The van der Waals surface area contributed by atoms with E-state index in [0.717, 1.165) is 0 Å². The average Bonchev–Trinajstić information content (AvgIpc) is 3.09. The van der Waals surface area contributed by atoms with E-state index >= 15 is 0 Å². The van der Waals surface area contributed by atoms with E-state index in [4.69, 9.17) is 20.8 Å². The Labute approximate surface area is 150 Å². The second-order valence-electron chi connectivity index (χ2n) is 5.35. The fraction of sp³-hybridized carbons (Fsp3) is 0.235. The van der Waals surface area contributed by atoms with Crippen LogP contribution in [-0.2, 0) is 14.6 Å². The lowest BCUT2D eigenvalue weighted by Gasteiger charge is -2.26. The smallest absolute Gasteiger partial charge is 0.216 e. The van der Waals surface area contributed by atoms with Crippen LogP contribution in [0.25, 0.3) is 6.08 Å². The standard InChI is InChI=1S/C17H15ClN2O4S/c18-13-1-4-15(5-2-13)25(21,22)16(12-19)11-14-3-6-17(24-14)20-7-9-23-10-8-20/h1-6,11H,7-10H2/b16-11-. The summed E-state index contributed by atoms with van der Waals surface area (Å²) < 4.78 is 36.1. The zero-order valence-corrected chi connectivity index (χ0v) is 14.8. The Balaban J connectivity index is 1.89. The second kappa shape index (κ2) is 7.31. The fourth-order valence-corrected chi connectivity index (χ4v) is 3.68. The van der Waals surface area contributed by atoms with Crippen LogP contribution >= 0.6 is 11.6 Å². The highest BCUT2D eigenvalue weighted by molar-refractivity contribution is 7.95. The zero-order chi connectivity index (χ0) is 17.9. The van der Waals surface area contributed by atoms with Crippen molar-refractivity contribution in [2.75, 3.05) is 31.2 Å². The van der Waals surface area contributed by atoms with Crippen LogP contribution in [0.2, 0.25) is 5.02 Å². The number of furan rings is 1. The van der Waals surface area contributed by atoms with Crippen molar-refractivity contribution >= 4 is 33.4 Å². The number of sulfone groups is 1. The number of morpholine rings is 1. The summed E-state index contributed by atoms with van der Waals surface area (Å²) in [5.74, 6) is 0.923. The van der Waals surface area contributed by atoms with Gasteiger partial charge < -0.3 is 14.1 Å². The molecule has 1 fully saturated rings. The zero-order valence-electron chi connectivity index (χ0n) is 13.2. The summed E-state index contributed by atoms with van der Waals surface area (Å²) in [6, 6.07) is 10.8. The van der Waals surface area contributed by atoms with Gasteiger partial charge in [0.2, 0.25) is 9.84 Å². The molecule has 0 N–H and O–H groups in total. The summed E-state index contributed by atoms with van der Waals surface area (Å²) >= 11 is 5.78. The molecule has 1 aliphatic heterocycles. The molecule has 1 aliphatic rings. The van der Waals surface area contributed by atoms with E-state index in [1.54, 1.807) is 18.2 Å². The molecule has 1 saturated heterocycles. The van der Waals surface area contributed by atoms with E-state index in [1.165, 1.54) is 30.3 Å². The molecule has 1 aromatic carbocycles. The van der Waals surface area contributed by atoms with Gasteiger partial charge in [-0.1, -0.05) is 11.6 Å². The van der Waals surface area contributed by atoms with Crippen molar-refractivity contribution in [3.8, 4) is 6.07 Å². The van der Waals surface area contributed by atoms with Crippen molar-refractivity contribution in [2.24, 2.45) is 0 Å². The molecule has 0 aliphatic carbocycles. The molecule has 25 heavy (non-hydrogen) atoms. The molecular formula is C17H15ClN2O4S. The molecule has 3 rings (SSSR count). The predicted octanol–water partition coefficient (Wildman–Crippen LogP) is 3.11. The summed E-state index contributed by atoms with van der Waals surface area (Å²) in [5, 5.41) is 9.72. The van der Waals surface area contributed by atoms with Crippen LogP contribution in [0.5, 0.6) is 0 Å². The van der Waals surface area contributed by atoms with Gasteiger partial charge in [0.25, 0.3) is 0 Å². The molecular weight excluding hydrogens is 364 g/mol. The molecule has 130 valence electrons. The first-order valence-electron chi connectivity index (χ1n) is 7.56. The van der Waals surface area contributed by atoms with Crippen LogP contribution < -0.4 is 4.90 Å². The molecule has 2 heterocycles. The van der Waals surface area contributed by atoms with Crippen LogP contribution in [0.3, 0.4) is 0 Å². The van der Waals surface area contributed by atoms with Crippen LogP contribution in [-0.4, -0.2) is 34.7 Å². The minimum Gasteiger partial charge on any atom is -0.441 e. The minimum absolute atomic E-state index is 0.00431. The topological polar surface area (TPSA) is 83.5 Å². The van der Waals surface area contributed by atoms with Gasteiger partial charge in [0.15, 0.2) is 10.8 Å². The van der Waals surface area contributed by atoms with Crippen LogP contribution in [0, 0.1) is 11.3 Å². The van der Waals surface area contributed by atoms with Gasteiger partial charge in [0, 0.05) is 30.3 Å². The number of rotatable bonds is 4. The summed E-state index contributed by atoms with van der Waals surface area (Å²) in [7, 11) is -3.93. The van der Waals surface area contributed by atoms with Gasteiger partial charge in [-0.15, -0.1) is 0 Å². The number of allylic oxidation sites excluding steroid dienone is 1. The Hall–Kier alpha value is -2.27. The molecule has 0 bridgehead atoms. The first-order valence-corrected chi connectivity index (χ1v) is 9.42. The van der Waals surface area contributed by atoms with Crippen molar-refractivity contribution in [2.45, 2.75) is 4.90 Å². The molecule has 0 radical (unpaired) electrons. The highest BCUT2D eigenvalue weighted by atomic mass is 35.5. The van der Waals surface area contributed by atoms with Crippen LogP contribution in [0.1, 0.15) is 5.76 Å². The maximum absolute atomic E-state index is 12.6. The maximum Gasteiger partial charge on any atom is 0.216 e. The minimum atomic E-state index is -3.93. The number of hydrogen-bond acceptors (Lipinski definition) is 6. The molecule has 0 unspecified atom stereocenters. The Kier molecular flexibility index (Phi) is 5.13. The maximum atomic E-state index is 12.6. The summed E-state index contributed by atoms with van der Waals surface area (Å²) in [6.07, 6.45) is 1.23. The van der Waals surface area contributed by atoms with E-state index in [0.29, 0.717) is 43.0 Å². The number of benzene rings is 1. The summed E-state index contributed by atoms with van der Waals surface area (Å²) in [4.78, 5) is 1.61. The third-order valence-electron chi connectivity index (χ3n) is 3.73. The highest BCUT2D eigenvalue weighted by Crippen LogP contribution is 2.25. The monoisotopic (exact) mass is 378 g/mol. The van der Waals surface area contributed by atoms with Gasteiger partial charge >= 0.3 is 0 Å². The average molecular weight is 379 g/mol. The van der Waals surface area contributed by atoms with E-state index in [1.807, 2.05) is 4.90 Å². The Morgan fingerprint density at radius 2 is 1.84 bits per heavy atom. The van der Waals surface area contributed by atoms with E-state index < -0.39 is 14.7 Å². The number of nitrogens with zero attached hydrogens (tertiary/aromatic N) is 2. The quantitative estimate of drug-likeness (QED) is 0.760. The molecule has 0 saturated carbocycles. The summed E-state index contributed by atoms with van der Waals surface area (Å²) in [5.41, 5.74) is 0. The van der Waals surface area contributed by atoms with Gasteiger partial charge in [-0.2, -0.15) is 5.26 Å². The first-order chi connectivity index (χ1) is 12.0. The van der Waals surface area contributed by atoms with E-state index in [9.17, 15) is 13.7 Å². The predicted molar refractivity (Wildman–Crippen MR) is 94.0 cm³/mol. The third-order valence-corrected chi connectivity index (χ3v) is 5.67. The molecule has 6 nitrogen and oxygen atoms in total. The lowest BCUT2D eigenvalue weighted by Crippen LogP contribution is -2.35. The lowest BCUT2D eigenvalue weighted by molar-refractivity contribution is 0.120. The van der Waals surface area contributed by atoms with Crippen molar-refractivity contribution in [1.82, 2.24) is 0 Å². The van der Waals surface area contributed by atoms with Gasteiger partial charge in [-0.3, -0.25) is 0 Å². The van der Waals surface area contributed by atoms with Gasteiger partial charge in [-0.05, 0) is 30.3 Å². The molecule has 8 heteroatoms. The largest absolute Gasteiger partial charge is 0.441 e.